The summed E-state index contributed by atoms with van der Waals surface area (Å²) in [6, 6.07) is 6.33. The van der Waals surface area contributed by atoms with E-state index >= 15 is 0 Å². The third-order valence-corrected chi connectivity index (χ3v) is 7.41. The first-order valence-electron chi connectivity index (χ1n) is 9.98. The minimum atomic E-state index is -3.52. The van der Waals surface area contributed by atoms with E-state index in [0.717, 1.165) is 45.3 Å². The number of hydrogen-bond acceptors (Lipinski definition) is 4. The Balaban J connectivity index is 1.97. The standard InChI is InChI=1S/C20H33N3O3S/c1-4-23(5-2)16-15-21-20(24)17-11-13-19(14-12-17)27(25,26)22(3)18-9-7-6-8-10-18/h11-14,18H,4-10,15-16H2,1-3H3,(H,21,24). The van der Waals surface area contributed by atoms with E-state index in [2.05, 4.69) is 24.1 Å². The molecule has 7 heteroatoms. The summed E-state index contributed by atoms with van der Waals surface area (Å²) in [6.45, 7) is 7.47. The number of nitrogens with one attached hydrogen (secondary N) is 1. The molecule has 1 saturated carbocycles. The van der Waals surface area contributed by atoms with Crippen LogP contribution in [0.25, 0.3) is 0 Å². The van der Waals surface area contributed by atoms with Gasteiger partial charge in [-0.2, -0.15) is 4.31 Å². The van der Waals surface area contributed by atoms with Gasteiger partial charge in [-0.15, -0.1) is 0 Å². The molecule has 0 atom stereocenters. The Labute approximate surface area is 164 Å². The van der Waals surface area contributed by atoms with Crippen molar-refractivity contribution in [1.29, 1.82) is 0 Å². The Hall–Kier alpha value is -1.44. The monoisotopic (exact) mass is 395 g/mol. The van der Waals surface area contributed by atoms with Crippen LogP contribution in [0.15, 0.2) is 29.2 Å². The molecule has 6 nitrogen and oxygen atoms in total. The van der Waals surface area contributed by atoms with Gasteiger partial charge in [0, 0.05) is 31.7 Å². The van der Waals surface area contributed by atoms with Crippen molar-refractivity contribution in [2.24, 2.45) is 0 Å². The first-order chi connectivity index (χ1) is 12.9. The van der Waals surface area contributed by atoms with Gasteiger partial charge in [0.1, 0.15) is 0 Å². The molecule has 0 heterocycles. The number of amides is 1. The maximum atomic E-state index is 12.8. The number of carbonyl (C=O) groups excluding carboxylic acids is 1. The predicted octanol–water partition coefficient (Wildman–Crippen LogP) is 2.71. The van der Waals surface area contributed by atoms with Crippen molar-refractivity contribution in [3.8, 4) is 0 Å². The van der Waals surface area contributed by atoms with Gasteiger partial charge in [0.25, 0.3) is 5.91 Å². The third kappa shape index (κ3) is 5.77. The molecule has 1 N–H and O–H groups in total. The molecule has 0 saturated heterocycles. The van der Waals surface area contributed by atoms with Crippen molar-refractivity contribution in [1.82, 2.24) is 14.5 Å². The maximum Gasteiger partial charge on any atom is 0.251 e. The van der Waals surface area contributed by atoms with E-state index in [1.807, 2.05) is 0 Å². The number of benzene rings is 1. The Morgan fingerprint density at radius 1 is 1.07 bits per heavy atom. The number of likely N-dealkylation sites (N-methyl/N-ethyl adjacent to an activating group) is 1. The molecule has 0 unspecified atom stereocenters. The second-order valence-electron chi connectivity index (χ2n) is 7.12. The molecule has 0 bridgehead atoms. The topological polar surface area (TPSA) is 69.7 Å². The predicted molar refractivity (Wildman–Crippen MR) is 108 cm³/mol. The highest BCUT2D eigenvalue weighted by Gasteiger charge is 2.29. The van der Waals surface area contributed by atoms with Gasteiger partial charge in [-0.3, -0.25) is 4.79 Å². The number of carbonyl (C=O) groups is 1. The SMILES string of the molecule is CCN(CC)CCNC(=O)c1ccc(S(=O)(=O)N(C)C2CCCCC2)cc1. The summed E-state index contributed by atoms with van der Waals surface area (Å²) >= 11 is 0. The number of rotatable bonds is 9. The molecule has 1 fully saturated rings. The van der Waals surface area contributed by atoms with Crippen LogP contribution in [-0.2, 0) is 10.0 Å². The molecule has 1 aliphatic carbocycles. The highest BCUT2D eigenvalue weighted by molar-refractivity contribution is 7.89. The summed E-state index contributed by atoms with van der Waals surface area (Å²) in [6.07, 6.45) is 5.18. The van der Waals surface area contributed by atoms with E-state index in [4.69, 9.17) is 0 Å². The van der Waals surface area contributed by atoms with Gasteiger partial charge in [0.2, 0.25) is 10.0 Å². The van der Waals surface area contributed by atoms with Gasteiger partial charge in [-0.1, -0.05) is 33.1 Å². The molecular formula is C20H33N3O3S. The Morgan fingerprint density at radius 3 is 2.22 bits per heavy atom. The van der Waals surface area contributed by atoms with Crippen LogP contribution >= 0.6 is 0 Å². The third-order valence-electron chi connectivity index (χ3n) is 5.49. The first kappa shape index (κ1) is 21.9. The second-order valence-corrected chi connectivity index (χ2v) is 9.12. The molecule has 0 aliphatic heterocycles. The molecule has 1 aromatic carbocycles. The normalized spacial score (nSPS) is 16.0. The van der Waals surface area contributed by atoms with Gasteiger partial charge in [-0.25, -0.2) is 8.42 Å². The van der Waals surface area contributed by atoms with Crippen LogP contribution in [0.1, 0.15) is 56.3 Å². The highest BCUT2D eigenvalue weighted by Crippen LogP contribution is 2.26. The molecule has 1 aliphatic rings. The summed E-state index contributed by atoms with van der Waals surface area (Å²) < 4.78 is 27.2. The molecule has 27 heavy (non-hydrogen) atoms. The quantitative estimate of drug-likeness (QED) is 0.698. The van der Waals surface area contributed by atoms with Crippen LogP contribution in [0.4, 0.5) is 0 Å². The van der Waals surface area contributed by atoms with Crippen LogP contribution in [0.2, 0.25) is 0 Å². The van der Waals surface area contributed by atoms with Crippen LogP contribution in [0, 0.1) is 0 Å². The summed E-state index contributed by atoms with van der Waals surface area (Å²) in [5.41, 5.74) is 0.480. The van der Waals surface area contributed by atoms with E-state index in [9.17, 15) is 13.2 Å². The molecule has 2 rings (SSSR count). The minimum Gasteiger partial charge on any atom is -0.351 e. The zero-order chi connectivity index (χ0) is 19.9. The largest absolute Gasteiger partial charge is 0.351 e. The number of nitrogens with zero attached hydrogens (tertiary/aromatic N) is 2. The lowest BCUT2D eigenvalue weighted by Crippen LogP contribution is -2.38. The van der Waals surface area contributed by atoms with Crippen LogP contribution < -0.4 is 5.32 Å². The van der Waals surface area contributed by atoms with Crippen molar-refractivity contribution in [3.05, 3.63) is 29.8 Å². The lowest BCUT2D eigenvalue weighted by atomic mass is 9.96. The molecule has 1 amide bonds. The smallest absolute Gasteiger partial charge is 0.251 e. The van der Waals surface area contributed by atoms with Gasteiger partial charge in [-0.05, 0) is 50.2 Å². The van der Waals surface area contributed by atoms with E-state index in [1.165, 1.54) is 22.9 Å². The summed E-state index contributed by atoms with van der Waals surface area (Å²) in [7, 11) is -1.86. The van der Waals surface area contributed by atoms with Crippen molar-refractivity contribution in [2.75, 3.05) is 33.2 Å². The molecule has 0 radical (unpaired) electrons. The first-order valence-corrected chi connectivity index (χ1v) is 11.4. The van der Waals surface area contributed by atoms with Crippen molar-refractivity contribution < 1.29 is 13.2 Å². The zero-order valence-corrected chi connectivity index (χ0v) is 17.6. The van der Waals surface area contributed by atoms with E-state index < -0.39 is 10.0 Å². The minimum absolute atomic E-state index is 0.0757. The van der Waals surface area contributed by atoms with E-state index in [0.29, 0.717) is 12.1 Å². The molecule has 0 spiro atoms. The molecule has 1 aromatic rings. The average Bonchev–Trinajstić information content (AvgIpc) is 2.71. The van der Waals surface area contributed by atoms with E-state index in [1.54, 1.807) is 19.2 Å². The summed E-state index contributed by atoms with van der Waals surface area (Å²) in [5, 5.41) is 2.89. The zero-order valence-electron chi connectivity index (χ0n) is 16.8. The fourth-order valence-corrected chi connectivity index (χ4v) is 4.97. The van der Waals surface area contributed by atoms with Gasteiger partial charge in [0.05, 0.1) is 4.90 Å². The second kappa shape index (κ2) is 10.2. The average molecular weight is 396 g/mol. The Morgan fingerprint density at radius 2 is 1.67 bits per heavy atom. The van der Waals surface area contributed by atoms with E-state index in [-0.39, 0.29) is 16.8 Å². The number of sulfonamides is 1. The molecule has 152 valence electrons. The Bertz CT molecular complexity index is 694. The Kier molecular flexibility index (Phi) is 8.26. The van der Waals surface area contributed by atoms with Gasteiger partial charge < -0.3 is 10.2 Å². The maximum absolute atomic E-state index is 12.8. The van der Waals surface area contributed by atoms with Gasteiger partial charge >= 0.3 is 0 Å². The summed E-state index contributed by atoms with van der Waals surface area (Å²) in [4.78, 5) is 14.7. The molecular weight excluding hydrogens is 362 g/mol. The van der Waals surface area contributed by atoms with Crippen molar-refractivity contribution in [3.63, 3.8) is 0 Å². The van der Waals surface area contributed by atoms with Crippen LogP contribution in [-0.4, -0.2) is 62.8 Å². The lowest BCUT2D eigenvalue weighted by Gasteiger charge is -2.30. The number of hydrogen-bond donors (Lipinski definition) is 1. The van der Waals surface area contributed by atoms with Crippen LogP contribution in [0.5, 0.6) is 0 Å². The molecule has 0 aromatic heterocycles. The van der Waals surface area contributed by atoms with Crippen molar-refractivity contribution in [2.45, 2.75) is 56.9 Å². The van der Waals surface area contributed by atoms with Crippen molar-refractivity contribution >= 4 is 15.9 Å². The highest BCUT2D eigenvalue weighted by atomic mass is 32.2. The fourth-order valence-electron chi connectivity index (χ4n) is 3.55. The van der Waals surface area contributed by atoms with Gasteiger partial charge in [0.15, 0.2) is 0 Å². The summed E-state index contributed by atoms with van der Waals surface area (Å²) in [5.74, 6) is -0.174. The van der Waals surface area contributed by atoms with Crippen LogP contribution in [0.3, 0.4) is 0 Å². The fraction of sp³-hybridized carbons (Fsp3) is 0.650. The lowest BCUT2D eigenvalue weighted by molar-refractivity contribution is 0.0949.